The Labute approximate surface area is 193 Å². The van der Waals surface area contributed by atoms with Crippen LogP contribution in [0.15, 0.2) is 109 Å². The molecule has 4 nitrogen and oxygen atoms in total. The van der Waals surface area contributed by atoms with E-state index < -0.39 is 5.60 Å². The summed E-state index contributed by atoms with van der Waals surface area (Å²) in [6.07, 6.45) is 0. The van der Waals surface area contributed by atoms with Crippen LogP contribution in [0.4, 0.5) is 0 Å². The zero-order chi connectivity index (χ0) is 22.7. The number of H-pyrrole nitrogens is 1. The Hall–Kier alpha value is -3.86. The molecule has 5 aromatic rings. The molecule has 1 heterocycles. The second-order valence-corrected chi connectivity index (χ2v) is 7.91. The number of rotatable bonds is 7. The molecular formula is C29H25NO3. The Kier molecular flexibility index (Phi) is 5.69. The van der Waals surface area contributed by atoms with Gasteiger partial charge in [0.15, 0.2) is 12.4 Å². The van der Waals surface area contributed by atoms with Crippen molar-refractivity contribution >= 4 is 10.9 Å². The van der Waals surface area contributed by atoms with E-state index in [1.165, 1.54) is 0 Å². The van der Waals surface area contributed by atoms with E-state index in [-0.39, 0.29) is 6.79 Å². The number of methoxy groups -OCH3 is 1. The topological polar surface area (TPSA) is 54.5 Å². The quantitative estimate of drug-likeness (QED) is 0.304. The fourth-order valence-corrected chi connectivity index (χ4v) is 4.45. The van der Waals surface area contributed by atoms with Gasteiger partial charge < -0.3 is 19.6 Å². The highest BCUT2D eigenvalue weighted by Gasteiger charge is 2.40. The molecule has 0 saturated heterocycles. The largest absolute Gasteiger partial charge is 0.467 e. The van der Waals surface area contributed by atoms with E-state index in [9.17, 15) is 5.11 Å². The summed E-state index contributed by atoms with van der Waals surface area (Å²) in [5.74, 6) is 0.559. The minimum Gasteiger partial charge on any atom is -0.467 e. The number of nitrogens with one attached hydrogen (secondary N) is 1. The summed E-state index contributed by atoms with van der Waals surface area (Å²) in [5, 5.41) is 13.7. The summed E-state index contributed by atoms with van der Waals surface area (Å²) in [6, 6.07) is 35.5. The van der Waals surface area contributed by atoms with E-state index in [2.05, 4.69) is 23.2 Å². The lowest BCUT2D eigenvalue weighted by atomic mass is 9.80. The minimum absolute atomic E-state index is 0.0835. The molecule has 0 spiro atoms. The van der Waals surface area contributed by atoms with Gasteiger partial charge in [0.25, 0.3) is 0 Å². The van der Waals surface area contributed by atoms with Gasteiger partial charge in [-0.05, 0) is 23.3 Å². The first-order valence-corrected chi connectivity index (χ1v) is 10.9. The molecule has 0 aliphatic rings. The molecule has 0 aliphatic heterocycles. The highest BCUT2D eigenvalue weighted by molar-refractivity contribution is 5.98. The average molecular weight is 436 g/mol. The lowest BCUT2D eigenvalue weighted by Crippen LogP contribution is -2.31. The zero-order valence-corrected chi connectivity index (χ0v) is 18.4. The maximum absolute atomic E-state index is 12.7. The maximum Gasteiger partial charge on any atom is 0.188 e. The third-order valence-corrected chi connectivity index (χ3v) is 5.93. The molecule has 2 N–H and O–H groups in total. The average Bonchev–Trinajstić information content (AvgIpc) is 3.28. The van der Waals surface area contributed by atoms with E-state index in [1.807, 2.05) is 91.0 Å². The monoisotopic (exact) mass is 435 g/mol. The van der Waals surface area contributed by atoms with E-state index in [4.69, 9.17) is 9.47 Å². The van der Waals surface area contributed by atoms with Crippen molar-refractivity contribution in [1.82, 2.24) is 4.98 Å². The van der Waals surface area contributed by atoms with Crippen LogP contribution >= 0.6 is 0 Å². The van der Waals surface area contributed by atoms with Crippen LogP contribution < -0.4 is 4.74 Å². The molecule has 0 amide bonds. The van der Waals surface area contributed by atoms with Crippen LogP contribution in [-0.4, -0.2) is 24.0 Å². The normalized spacial score (nSPS) is 13.0. The molecule has 33 heavy (non-hydrogen) atoms. The van der Waals surface area contributed by atoms with Gasteiger partial charge in [0, 0.05) is 29.1 Å². The van der Waals surface area contributed by atoms with Gasteiger partial charge in [0.1, 0.15) is 5.75 Å². The van der Waals surface area contributed by atoms with Crippen molar-refractivity contribution in [2.24, 2.45) is 0 Å². The predicted molar refractivity (Wildman–Crippen MR) is 131 cm³/mol. The summed E-state index contributed by atoms with van der Waals surface area (Å²) < 4.78 is 11.1. The summed E-state index contributed by atoms with van der Waals surface area (Å²) in [5.41, 5.74) is 3.49. The van der Waals surface area contributed by atoms with Crippen molar-refractivity contribution in [1.29, 1.82) is 0 Å². The van der Waals surface area contributed by atoms with Crippen LogP contribution in [0.25, 0.3) is 22.0 Å². The van der Waals surface area contributed by atoms with E-state index in [0.29, 0.717) is 17.0 Å². The van der Waals surface area contributed by atoms with Gasteiger partial charge in [0.05, 0.1) is 5.69 Å². The number of aromatic nitrogens is 1. The first-order chi connectivity index (χ1) is 16.2. The molecular weight excluding hydrogens is 410 g/mol. The van der Waals surface area contributed by atoms with Gasteiger partial charge in [-0.15, -0.1) is 0 Å². The third-order valence-electron chi connectivity index (χ3n) is 5.93. The smallest absolute Gasteiger partial charge is 0.188 e. The van der Waals surface area contributed by atoms with Crippen LogP contribution in [0, 0.1) is 0 Å². The molecule has 0 fully saturated rings. The molecule has 4 aromatic carbocycles. The third kappa shape index (κ3) is 3.69. The Bertz CT molecular complexity index is 1360. The summed E-state index contributed by atoms with van der Waals surface area (Å²) >= 11 is 0. The molecule has 1 unspecified atom stereocenters. The highest BCUT2D eigenvalue weighted by atomic mass is 16.7. The lowest BCUT2D eigenvalue weighted by Gasteiger charge is -2.31. The number of aromatic amines is 1. The zero-order valence-electron chi connectivity index (χ0n) is 18.4. The Morgan fingerprint density at radius 3 is 2.15 bits per heavy atom. The van der Waals surface area contributed by atoms with Gasteiger partial charge in [-0.25, -0.2) is 0 Å². The fourth-order valence-electron chi connectivity index (χ4n) is 4.45. The van der Waals surface area contributed by atoms with Gasteiger partial charge in [-0.1, -0.05) is 97.1 Å². The van der Waals surface area contributed by atoms with Crippen LogP contribution in [0.3, 0.4) is 0 Å². The van der Waals surface area contributed by atoms with Gasteiger partial charge in [-0.3, -0.25) is 0 Å². The van der Waals surface area contributed by atoms with Gasteiger partial charge >= 0.3 is 0 Å². The Balaban J connectivity index is 1.86. The molecule has 0 bridgehead atoms. The van der Waals surface area contributed by atoms with Crippen molar-refractivity contribution < 1.29 is 14.6 Å². The fraction of sp³-hybridized carbons (Fsp3) is 0.103. The molecule has 0 saturated carbocycles. The molecule has 5 rings (SSSR count). The summed E-state index contributed by atoms with van der Waals surface area (Å²) in [7, 11) is 1.58. The number of aliphatic hydroxyl groups is 1. The molecule has 164 valence electrons. The van der Waals surface area contributed by atoms with Crippen molar-refractivity contribution in [3.05, 3.63) is 126 Å². The van der Waals surface area contributed by atoms with Crippen molar-refractivity contribution in [2.75, 3.05) is 13.9 Å². The number of benzene rings is 4. The SMILES string of the molecule is COCOc1ccccc1C(O)(c1ccccc1)c1[nH]c2ccccc2c1-c1ccccc1. The van der Waals surface area contributed by atoms with Crippen LogP contribution in [0.2, 0.25) is 0 Å². The summed E-state index contributed by atoms with van der Waals surface area (Å²) in [6.45, 7) is 0.0835. The van der Waals surface area contributed by atoms with Crippen LogP contribution in [-0.2, 0) is 10.3 Å². The minimum atomic E-state index is -1.50. The first-order valence-electron chi connectivity index (χ1n) is 10.9. The summed E-state index contributed by atoms with van der Waals surface area (Å²) in [4.78, 5) is 3.55. The van der Waals surface area contributed by atoms with E-state index >= 15 is 0 Å². The van der Waals surface area contributed by atoms with Crippen LogP contribution in [0.5, 0.6) is 5.75 Å². The lowest BCUT2D eigenvalue weighted by molar-refractivity contribution is 0.0453. The number of hydrogen-bond acceptors (Lipinski definition) is 3. The molecule has 0 radical (unpaired) electrons. The van der Waals surface area contributed by atoms with Gasteiger partial charge in [-0.2, -0.15) is 0 Å². The predicted octanol–water partition coefficient (Wildman–Crippen LogP) is 6.10. The number of hydrogen-bond donors (Lipinski definition) is 2. The Morgan fingerprint density at radius 2 is 1.39 bits per heavy atom. The molecule has 1 aromatic heterocycles. The second kappa shape index (κ2) is 8.94. The highest BCUT2D eigenvalue weighted by Crippen LogP contribution is 2.46. The van der Waals surface area contributed by atoms with E-state index in [1.54, 1.807) is 7.11 Å². The van der Waals surface area contributed by atoms with E-state index in [0.717, 1.165) is 27.6 Å². The molecule has 4 heteroatoms. The number of para-hydroxylation sites is 2. The molecule has 0 aliphatic carbocycles. The van der Waals surface area contributed by atoms with Crippen molar-refractivity contribution in [2.45, 2.75) is 5.60 Å². The molecule has 1 atom stereocenters. The van der Waals surface area contributed by atoms with Crippen molar-refractivity contribution in [3.8, 4) is 16.9 Å². The standard InChI is InChI=1S/C29H25NO3/c1-32-20-33-26-19-11-9-17-24(26)29(31,22-14-6-3-7-15-22)28-27(21-12-4-2-5-13-21)23-16-8-10-18-25(23)30-28/h2-19,30-31H,20H2,1H3. The first kappa shape index (κ1) is 21.0. The van der Waals surface area contributed by atoms with Gasteiger partial charge in [0.2, 0.25) is 0 Å². The maximum atomic E-state index is 12.7. The Morgan fingerprint density at radius 1 is 0.758 bits per heavy atom. The van der Waals surface area contributed by atoms with Crippen molar-refractivity contribution in [3.63, 3.8) is 0 Å². The number of ether oxygens (including phenoxy) is 2. The number of fused-ring (bicyclic) bond motifs is 1. The van der Waals surface area contributed by atoms with Crippen LogP contribution in [0.1, 0.15) is 16.8 Å². The second-order valence-electron chi connectivity index (χ2n) is 7.91.